The lowest BCUT2D eigenvalue weighted by molar-refractivity contribution is -0.122. The fraction of sp³-hybridized carbons (Fsp3) is 0.300. The number of hydrogen-bond donors (Lipinski definition) is 2. The summed E-state index contributed by atoms with van der Waals surface area (Å²) in [4.78, 5) is 24.3. The molecular weight excluding hydrogens is 410 g/mol. The van der Waals surface area contributed by atoms with E-state index in [9.17, 15) is 18.0 Å². The van der Waals surface area contributed by atoms with Gasteiger partial charge in [0.1, 0.15) is 11.5 Å². The molecule has 0 aliphatic carbocycles. The van der Waals surface area contributed by atoms with Gasteiger partial charge in [-0.2, -0.15) is 0 Å². The van der Waals surface area contributed by atoms with Crippen molar-refractivity contribution >= 4 is 27.5 Å². The van der Waals surface area contributed by atoms with E-state index in [1.807, 2.05) is 0 Å². The first-order valence-corrected chi connectivity index (χ1v) is 10.4. The fourth-order valence-corrected chi connectivity index (χ4v) is 3.44. The van der Waals surface area contributed by atoms with Gasteiger partial charge in [0.25, 0.3) is 11.8 Å². The Morgan fingerprint density at radius 1 is 1.13 bits per heavy atom. The zero-order valence-corrected chi connectivity index (χ0v) is 18.2. The molecule has 0 radical (unpaired) electrons. The number of anilines is 1. The van der Waals surface area contributed by atoms with Gasteiger partial charge in [-0.3, -0.25) is 9.59 Å². The molecule has 0 saturated carbocycles. The topological polar surface area (TPSA) is 128 Å². The third-order valence-electron chi connectivity index (χ3n) is 4.37. The number of benzene rings is 2. The second-order valence-electron chi connectivity index (χ2n) is 6.74. The van der Waals surface area contributed by atoms with E-state index in [4.69, 9.17) is 15.2 Å². The number of primary amides is 1. The van der Waals surface area contributed by atoms with Gasteiger partial charge in [0, 0.05) is 25.8 Å². The maximum absolute atomic E-state index is 12.7. The normalized spacial score (nSPS) is 12.3. The molecule has 162 valence electrons. The van der Waals surface area contributed by atoms with Gasteiger partial charge in [-0.25, -0.2) is 12.7 Å². The molecule has 0 aliphatic heterocycles. The number of methoxy groups -OCH3 is 1. The quantitative estimate of drug-likeness (QED) is 0.650. The number of ether oxygens (including phenoxy) is 2. The zero-order valence-electron chi connectivity index (χ0n) is 17.4. The van der Waals surface area contributed by atoms with Gasteiger partial charge in [0.05, 0.1) is 17.6 Å². The molecule has 0 heterocycles. The maximum atomic E-state index is 12.7. The Bertz CT molecular complexity index is 1070. The van der Waals surface area contributed by atoms with Crippen LogP contribution in [0.15, 0.2) is 41.3 Å². The van der Waals surface area contributed by atoms with Crippen LogP contribution in [-0.4, -0.2) is 51.8 Å². The van der Waals surface area contributed by atoms with Crippen molar-refractivity contribution in [2.45, 2.75) is 24.8 Å². The molecule has 10 heteroatoms. The minimum Gasteiger partial charge on any atom is -0.497 e. The summed E-state index contributed by atoms with van der Waals surface area (Å²) in [6.07, 6.45) is -1.01. The van der Waals surface area contributed by atoms with E-state index in [2.05, 4.69) is 5.32 Å². The van der Waals surface area contributed by atoms with Crippen LogP contribution < -0.4 is 20.5 Å². The lowest BCUT2D eigenvalue weighted by Crippen LogP contribution is -2.31. The number of nitrogens with zero attached hydrogens (tertiary/aromatic N) is 1. The average Bonchev–Trinajstić information content (AvgIpc) is 2.68. The van der Waals surface area contributed by atoms with Crippen molar-refractivity contribution in [2.24, 2.45) is 5.73 Å². The number of carbonyl (C=O) groups is 2. The minimum absolute atomic E-state index is 0.0470. The Morgan fingerprint density at radius 3 is 2.37 bits per heavy atom. The fourth-order valence-electron chi connectivity index (χ4n) is 2.52. The highest BCUT2D eigenvalue weighted by molar-refractivity contribution is 7.89. The van der Waals surface area contributed by atoms with Crippen LogP contribution in [0.3, 0.4) is 0 Å². The first-order chi connectivity index (χ1) is 14.0. The van der Waals surface area contributed by atoms with Crippen LogP contribution in [0.1, 0.15) is 22.8 Å². The molecule has 0 aliphatic rings. The lowest BCUT2D eigenvalue weighted by atomic mass is 10.1. The molecule has 30 heavy (non-hydrogen) atoms. The summed E-state index contributed by atoms with van der Waals surface area (Å²) in [6.45, 7) is 3.23. The number of carbonyl (C=O) groups excluding carboxylic acids is 2. The maximum Gasteiger partial charge on any atom is 0.265 e. The number of amides is 2. The number of hydrogen-bond acceptors (Lipinski definition) is 6. The molecule has 2 amide bonds. The van der Waals surface area contributed by atoms with E-state index < -0.39 is 27.9 Å². The van der Waals surface area contributed by atoms with Crippen LogP contribution in [0.4, 0.5) is 5.69 Å². The Hall–Kier alpha value is -3.11. The standard InChI is InChI=1S/C20H25N3O6S/c1-12-6-8-15(30(26,27)23(3)4)11-17(12)22-20(25)13(2)29-18-10-14(28-5)7-9-16(18)19(21)24/h6-11,13H,1-5H3,(H2,21,24)(H,22,25). The highest BCUT2D eigenvalue weighted by Gasteiger charge is 2.22. The van der Waals surface area contributed by atoms with E-state index in [1.54, 1.807) is 19.1 Å². The first-order valence-electron chi connectivity index (χ1n) is 8.96. The third-order valence-corrected chi connectivity index (χ3v) is 6.18. The Kier molecular flexibility index (Phi) is 7.06. The molecule has 2 aromatic carbocycles. The number of sulfonamides is 1. The van der Waals surface area contributed by atoms with Crippen molar-refractivity contribution in [1.29, 1.82) is 0 Å². The molecule has 0 spiro atoms. The van der Waals surface area contributed by atoms with Gasteiger partial charge < -0.3 is 20.5 Å². The van der Waals surface area contributed by atoms with Gasteiger partial charge in [-0.05, 0) is 43.7 Å². The van der Waals surface area contributed by atoms with Crippen LogP contribution in [0.2, 0.25) is 0 Å². The van der Waals surface area contributed by atoms with Crippen molar-refractivity contribution < 1.29 is 27.5 Å². The molecule has 2 aromatic rings. The van der Waals surface area contributed by atoms with Crippen LogP contribution in [-0.2, 0) is 14.8 Å². The van der Waals surface area contributed by atoms with Crippen molar-refractivity contribution in [3.63, 3.8) is 0 Å². The highest BCUT2D eigenvalue weighted by atomic mass is 32.2. The minimum atomic E-state index is -3.66. The molecule has 0 aromatic heterocycles. The van der Waals surface area contributed by atoms with Gasteiger partial charge in [0.2, 0.25) is 10.0 Å². The summed E-state index contributed by atoms with van der Waals surface area (Å²) >= 11 is 0. The van der Waals surface area contributed by atoms with Crippen molar-refractivity contribution in [3.8, 4) is 11.5 Å². The molecule has 0 saturated heterocycles. The SMILES string of the molecule is COc1ccc(C(N)=O)c(OC(C)C(=O)Nc2cc(S(=O)(=O)N(C)C)ccc2C)c1. The number of nitrogens with one attached hydrogen (secondary N) is 1. The summed E-state index contributed by atoms with van der Waals surface area (Å²) in [5.74, 6) is -0.710. The van der Waals surface area contributed by atoms with Crippen LogP contribution in [0, 0.1) is 6.92 Å². The molecular formula is C20H25N3O6S. The molecule has 1 unspecified atom stereocenters. The predicted octanol–water partition coefficient (Wildman–Crippen LogP) is 1.76. The van der Waals surface area contributed by atoms with Crippen molar-refractivity contribution in [3.05, 3.63) is 47.5 Å². The summed E-state index contributed by atoms with van der Waals surface area (Å²) in [5.41, 5.74) is 6.47. The molecule has 9 nitrogen and oxygen atoms in total. The van der Waals surface area contributed by atoms with Gasteiger partial charge in [-0.1, -0.05) is 6.07 Å². The summed E-state index contributed by atoms with van der Waals surface area (Å²) in [6, 6.07) is 8.91. The number of rotatable bonds is 8. The largest absolute Gasteiger partial charge is 0.497 e. The van der Waals surface area contributed by atoms with Crippen LogP contribution in [0.25, 0.3) is 0 Å². The third kappa shape index (κ3) is 5.08. The Balaban J connectivity index is 2.26. The van der Waals surface area contributed by atoms with Crippen LogP contribution >= 0.6 is 0 Å². The first kappa shape index (κ1) is 23.2. The van der Waals surface area contributed by atoms with E-state index >= 15 is 0 Å². The lowest BCUT2D eigenvalue weighted by Gasteiger charge is -2.18. The van der Waals surface area contributed by atoms with Crippen molar-refractivity contribution in [1.82, 2.24) is 4.31 Å². The summed E-state index contributed by atoms with van der Waals surface area (Å²) in [7, 11) is 0.646. The molecule has 0 bridgehead atoms. The molecule has 2 rings (SSSR count). The second kappa shape index (κ2) is 9.14. The average molecular weight is 436 g/mol. The number of aryl methyl sites for hydroxylation is 1. The van der Waals surface area contributed by atoms with Crippen molar-refractivity contribution in [2.75, 3.05) is 26.5 Å². The molecule has 0 fully saturated rings. The Morgan fingerprint density at radius 2 is 1.80 bits per heavy atom. The van der Waals surface area contributed by atoms with Gasteiger partial charge in [0.15, 0.2) is 6.10 Å². The van der Waals surface area contributed by atoms with E-state index in [-0.39, 0.29) is 16.2 Å². The van der Waals surface area contributed by atoms with Gasteiger partial charge >= 0.3 is 0 Å². The number of nitrogens with two attached hydrogens (primary N) is 1. The highest BCUT2D eigenvalue weighted by Crippen LogP contribution is 2.26. The smallest absolute Gasteiger partial charge is 0.265 e. The second-order valence-corrected chi connectivity index (χ2v) is 8.89. The monoisotopic (exact) mass is 435 g/mol. The van der Waals surface area contributed by atoms with E-state index in [1.165, 1.54) is 52.4 Å². The molecule has 1 atom stereocenters. The zero-order chi connectivity index (χ0) is 22.6. The van der Waals surface area contributed by atoms with Crippen LogP contribution in [0.5, 0.6) is 11.5 Å². The summed E-state index contributed by atoms with van der Waals surface area (Å²) < 4.78 is 36.5. The van der Waals surface area contributed by atoms with Gasteiger partial charge in [-0.15, -0.1) is 0 Å². The molecule has 3 N–H and O–H groups in total. The predicted molar refractivity (Wildman–Crippen MR) is 112 cm³/mol. The summed E-state index contributed by atoms with van der Waals surface area (Å²) in [5, 5.41) is 2.66. The van der Waals surface area contributed by atoms with E-state index in [0.717, 1.165) is 4.31 Å². The van der Waals surface area contributed by atoms with E-state index in [0.29, 0.717) is 17.0 Å². The Labute approximate surface area is 175 Å².